The van der Waals surface area contributed by atoms with Crippen molar-refractivity contribution in [2.75, 3.05) is 19.4 Å². The molecule has 0 spiro atoms. The van der Waals surface area contributed by atoms with Crippen LogP contribution in [-0.4, -0.2) is 31.6 Å². The molecule has 2 amide bonds. The van der Waals surface area contributed by atoms with Gasteiger partial charge in [0.1, 0.15) is 5.75 Å². The van der Waals surface area contributed by atoms with Gasteiger partial charge in [-0.1, -0.05) is 43.0 Å². The Morgan fingerprint density at radius 1 is 1.22 bits per heavy atom. The molecule has 1 aliphatic carbocycles. The molecule has 9 heteroatoms. The van der Waals surface area contributed by atoms with Crippen molar-refractivity contribution in [2.24, 2.45) is 4.36 Å². The van der Waals surface area contributed by atoms with Crippen LogP contribution in [0.25, 0.3) is 0 Å². The molecule has 0 aliphatic heterocycles. The SMILES string of the molecule is CC(C)c1cc(OC(F)F)cc(C2CC2)c1NC(=O)N=[S-](=O)c1ccc(CN(C)C)cc1. The number of anilines is 1. The second kappa shape index (κ2) is 10.4. The number of carbonyl (C=O) groups excluding carboxylic acids is 1. The van der Waals surface area contributed by atoms with E-state index in [-0.39, 0.29) is 17.6 Å². The van der Waals surface area contributed by atoms with Gasteiger partial charge in [0.2, 0.25) is 0 Å². The summed E-state index contributed by atoms with van der Waals surface area (Å²) in [4.78, 5) is 15.1. The number of carbonyl (C=O) groups is 1. The third-order valence-electron chi connectivity index (χ3n) is 5.06. The molecule has 1 saturated carbocycles. The molecule has 0 aromatic heterocycles. The quantitative estimate of drug-likeness (QED) is 0.480. The van der Waals surface area contributed by atoms with Crippen molar-refractivity contribution in [3.05, 3.63) is 53.1 Å². The largest absolute Gasteiger partial charge is 0.439 e. The molecule has 0 bridgehead atoms. The van der Waals surface area contributed by atoms with Crippen LogP contribution >= 0.6 is 0 Å². The third kappa shape index (κ3) is 6.49. The number of ether oxygens (including phenoxy) is 1. The Kier molecular flexibility index (Phi) is 7.84. The Bertz CT molecular complexity index is 1020. The average Bonchev–Trinajstić information content (AvgIpc) is 3.53. The minimum absolute atomic E-state index is 0.0567. The summed E-state index contributed by atoms with van der Waals surface area (Å²) < 4.78 is 46.5. The summed E-state index contributed by atoms with van der Waals surface area (Å²) in [5, 5.41) is 2.75. The molecular formula is C23H28F2N3O3S-. The first-order valence-electron chi connectivity index (χ1n) is 10.4. The standard InChI is InChI=1S/C23H28F2N3O3S/c1-14(2)19-11-17(31-22(24)25)12-20(16-7-8-16)21(19)26-23(29)27-32(30)18-9-5-15(6-10-18)13-28(3)4/h5-6,9-12,14,16,22H,7-8,13H2,1-4H3,(H,26,29)/q-1. The van der Waals surface area contributed by atoms with E-state index in [0.29, 0.717) is 16.1 Å². The maximum atomic E-state index is 12.8. The molecule has 174 valence electrons. The second-order valence-corrected chi connectivity index (χ2v) is 9.59. The summed E-state index contributed by atoms with van der Waals surface area (Å²) >= 11 is 0. The molecule has 0 heterocycles. The molecule has 0 radical (unpaired) electrons. The molecule has 1 aliphatic rings. The Morgan fingerprint density at radius 3 is 2.41 bits per heavy atom. The molecule has 1 N–H and O–H groups in total. The van der Waals surface area contributed by atoms with Gasteiger partial charge < -0.3 is 23.5 Å². The highest BCUT2D eigenvalue weighted by molar-refractivity contribution is 7.75. The lowest BCUT2D eigenvalue weighted by molar-refractivity contribution is -0.0499. The Labute approximate surface area is 189 Å². The van der Waals surface area contributed by atoms with Crippen molar-refractivity contribution < 1.29 is 22.5 Å². The van der Waals surface area contributed by atoms with Crippen LogP contribution in [0, 0.1) is 0 Å². The number of urea groups is 1. The van der Waals surface area contributed by atoms with Gasteiger partial charge in [-0.2, -0.15) is 19.4 Å². The topological polar surface area (TPSA) is 71.0 Å². The predicted molar refractivity (Wildman–Crippen MR) is 121 cm³/mol. The van der Waals surface area contributed by atoms with Crippen LogP contribution < -0.4 is 10.1 Å². The van der Waals surface area contributed by atoms with Crippen LogP contribution in [0.4, 0.5) is 19.3 Å². The number of rotatable bonds is 8. The van der Waals surface area contributed by atoms with Crippen molar-refractivity contribution in [3.63, 3.8) is 0 Å². The van der Waals surface area contributed by atoms with Crippen molar-refractivity contribution >= 4 is 22.3 Å². The van der Waals surface area contributed by atoms with E-state index < -0.39 is 23.2 Å². The van der Waals surface area contributed by atoms with E-state index in [1.165, 1.54) is 6.07 Å². The van der Waals surface area contributed by atoms with Crippen molar-refractivity contribution in [1.82, 2.24) is 4.90 Å². The van der Waals surface area contributed by atoms with Gasteiger partial charge in [-0.3, -0.25) is 0 Å². The molecule has 6 nitrogen and oxygen atoms in total. The first-order valence-corrected chi connectivity index (χ1v) is 11.6. The predicted octanol–water partition coefficient (Wildman–Crippen LogP) is 6.09. The van der Waals surface area contributed by atoms with Gasteiger partial charge in [0, 0.05) is 12.2 Å². The highest BCUT2D eigenvalue weighted by atomic mass is 32.2. The molecule has 32 heavy (non-hydrogen) atoms. The molecule has 2 aromatic carbocycles. The molecule has 0 saturated heterocycles. The summed E-state index contributed by atoms with van der Waals surface area (Å²) in [5.74, 6) is 0.180. The number of amides is 2. The monoisotopic (exact) mass is 464 g/mol. The zero-order valence-electron chi connectivity index (χ0n) is 18.6. The number of nitrogens with one attached hydrogen (secondary N) is 1. The lowest BCUT2D eigenvalue weighted by Gasteiger charge is -2.20. The minimum Gasteiger partial charge on any atom is -0.439 e. The van der Waals surface area contributed by atoms with Gasteiger partial charge in [0.15, 0.2) is 0 Å². The van der Waals surface area contributed by atoms with Gasteiger partial charge in [0.05, 0.1) is 0 Å². The third-order valence-corrected chi connectivity index (χ3v) is 6.07. The molecular weight excluding hydrogens is 436 g/mol. The molecule has 0 unspecified atom stereocenters. The number of hydrogen-bond acceptors (Lipinski definition) is 5. The van der Waals surface area contributed by atoms with E-state index >= 15 is 0 Å². The van der Waals surface area contributed by atoms with E-state index in [9.17, 15) is 17.8 Å². The zero-order valence-corrected chi connectivity index (χ0v) is 19.4. The fourth-order valence-corrected chi connectivity index (χ4v) is 4.15. The van der Waals surface area contributed by atoms with Gasteiger partial charge in [0.25, 0.3) is 0 Å². The first-order chi connectivity index (χ1) is 15.1. The van der Waals surface area contributed by atoms with E-state index in [2.05, 4.69) is 14.4 Å². The van der Waals surface area contributed by atoms with Crippen molar-refractivity contribution in [2.45, 2.75) is 56.6 Å². The fraction of sp³-hybridized carbons (Fsp3) is 0.435. The number of alkyl halides is 2. The highest BCUT2D eigenvalue weighted by Gasteiger charge is 2.29. The van der Waals surface area contributed by atoms with Gasteiger partial charge in [-0.05, 0) is 67.6 Å². The van der Waals surface area contributed by atoms with Crippen molar-refractivity contribution in [3.8, 4) is 5.75 Å². The Hall–Kier alpha value is -2.52. The molecule has 3 rings (SSSR count). The van der Waals surface area contributed by atoms with Crippen LogP contribution in [0.2, 0.25) is 0 Å². The summed E-state index contributed by atoms with van der Waals surface area (Å²) in [6, 6.07) is 9.40. The second-order valence-electron chi connectivity index (χ2n) is 8.44. The van der Waals surface area contributed by atoms with Crippen LogP contribution in [0.5, 0.6) is 5.75 Å². The van der Waals surface area contributed by atoms with E-state index in [1.54, 1.807) is 18.2 Å². The highest BCUT2D eigenvalue weighted by Crippen LogP contribution is 2.47. The Morgan fingerprint density at radius 2 is 1.88 bits per heavy atom. The van der Waals surface area contributed by atoms with E-state index in [4.69, 9.17) is 0 Å². The maximum absolute atomic E-state index is 12.8. The lowest BCUT2D eigenvalue weighted by atomic mass is 9.95. The van der Waals surface area contributed by atoms with E-state index in [1.807, 2.05) is 45.0 Å². The fourth-order valence-electron chi connectivity index (χ4n) is 3.48. The summed E-state index contributed by atoms with van der Waals surface area (Å²) in [5.41, 5.74) is 3.01. The van der Waals surface area contributed by atoms with E-state index in [0.717, 1.165) is 30.5 Å². The van der Waals surface area contributed by atoms with Gasteiger partial charge in [-0.25, -0.2) is 4.79 Å². The van der Waals surface area contributed by atoms with Crippen LogP contribution in [0.3, 0.4) is 0 Å². The number of hydrogen-bond donors (Lipinski definition) is 1. The normalized spacial score (nSPS) is 14.9. The number of nitrogens with zero attached hydrogens (tertiary/aromatic N) is 2. The van der Waals surface area contributed by atoms with Gasteiger partial charge in [-0.15, -0.1) is 0 Å². The number of benzene rings is 2. The minimum atomic E-state index is -2.93. The average molecular weight is 465 g/mol. The van der Waals surface area contributed by atoms with Crippen LogP contribution in [-0.2, 0) is 21.3 Å². The Balaban J connectivity index is 1.85. The smallest absolute Gasteiger partial charge is 0.387 e. The summed E-state index contributed by atoms with van der Waals surface area (Å²) in [6.07, 6.45) is 1.81. The zero-order chi connectivity index (χ0) is 23.4. The number of halogens is 2. The molecule has 2 aromatic rings. The maximum Gasteiger partial charge on any atom is 0.387 e. The van der Waals surface area contributed by atoms with Gasteiger partial charge >= 0.3 is 12.6 Å². The lowest BCUT2D eigenvalue weighted by Crippen LogP contribution is -2.13. The first kappa shape index (κ1) is 24.1. The molecule has 1 fully saturated rings. The van der Waals surface area contributed by atoms with Crippen LogP contribution in [0.15, 0.2) is 45.7 Å². The summed E-state index contributed by atoms with van der Waals surface area (Å²) in [6.45, 7) is 1.62. The summed E-state index contributed by atoms with van der Waals surface area (Å²) in [7, 11) is 2.05. The van der Waals surface area contributed by atoms with Crippen LogP contribution in [0.1, 0.15) is 55.2 Å². The molecule has 0 atom stereocenters. The van der Waals surface area contributed by atoms with Crippen molar-refractivity contribution in [1.29, 1.82) is 0 Å².